The van der Waals surface area contributed by atoms with Gasteiger partial charge >= 0.3 is 0 Å². The van der Waals surface area contributed by atoms with Crippen molar-refractivity contribution in [3.63, 3.8) is 0 Å². The van der Waals surface area contributed by atoms with Gasteiger partial charge in [0.2, 0.25) is 10.0 Å². The molecule has 1 fully saturated rings. The molecule has 24 heavy (non-hydrogen) atoms. The highest BCUT2D eigenvalue weighted by Gasteiger charge is 2.34. The predicted molar refractivity (Wildman–Crippen MR) is 92.7 cm³/mol. The standard InChI is InChI=1S/C16H17BrN2O4S/c1-22-12-3-2-4-14(9-12)24(20,21)19-8-6-13(11-19)23-16-5-7-18-10-15(16)17/h2-5,7,9-10,13H,6,8,11H2,1H3. The summed E-state index contributed by atoms with van der Waals surface area (Å²) in [6.07, 6.45) is 3.73. The molecule has 0 amide bonds. The molecule has 0 spiro atoms. The van der Waals surface area contributed by atoms with Gasteiger partial charge in [0, 0.05) is 25.0 Å². The second kappa shape index (κ2) is 7.08. The molecule has 0 radical (unpaired) electrons. The molecule has 1 saturated heterocycles. The normalized spacial score (nSPS) is 18.5. The molecule has 1 atom stereocenters. The maximum absolute atomic E-state index is 12.8. The number of aromatic nitrogens is 1. The van der Waals surface area contributed by atoms with Gasteiger partial charge in [-0.2, -0.15) is 4.31 Å². The molecular weight excluding hydrogens is 396 g/mol. The highest BCUT2D eigenvalue weighted by atomic mass is 79.9. The Bertz CT molecular complexity index is 828. The van der Waals surface area contributed by atoms with Gasteiger partial charge in [0.25, 0.3) is 0 Å². The smallest absolute Gasteiger partial charge is 0.243 e. The quantitative estimate of drug-likeness (QED) is 0.754. The van der Waals surface area contributed by atoms with E-state index in [2.05, 4.69) is 20.9 Å². The van der Waals surface area contributed by atoms with Gasteiger partial charge in [0.1, 0.15) is 17.6 Å². The highest BCUT2D eigenvalue weighted by molar-refractivity contribution is 9.10. The number of pyridine rings is 1. The summed E-state index contributed by atoms with van der Waals surface area (Å²) in [6.45, 7) is 0.737. The molecule has 2 aromatic rings. The van der Waals surface area contributed by atoms with Gasteiger partial charge in [-0.25, -0.2) is 8.42 Å². The van der Waals surface area contributed by atoms with E-state index in [1.165, 1.54) is 17.5 Å². The molecular formula is C16H17BrN2O4S. The Morgan fingerprint density at radius 3 is 2.92 bits per heavy atom. The monoisotopic (exact) mass is 412 g/mol. The average Bonchev–Trinajstić information content (AvgIpc) is 3.06. The third-order valence-corrected chi connectivity index (χ3v) is 6.27. The third kappa shape index (κ3) is 3.55. The number of hydrogen-bond acceptors (Lipinski definition) is 5. The van der Waals surface area contributed by atoms with Gasteiger partial charge in [-0.05, 0) is 40.5 Å². The lowest BCUT2D eigenvalue weighted by molar-refractivity contribution is 0.214. The minimum absolute atomic E-state index is 0.191. The van der Waals surface area contributed by atoms with Crippen molar-refractivity contribution >= 4 is 26.0 Å². The first-order valence-corrected chi connectivity index (χ1v) is 9.64. The Morgan fingerprint density at radius 1 is 1.33 bits per heavy atom. The Balaban J connectivity index is 1.73. The lowest BCUT2D eigenvalue weighted by Gasteiger charge is -2.18. The van der Waals surface area contributed by atoms with E-state index >= 15 is 0 Å². The van der Waals surface area contributed by atoms with Crippen LogP contribution in [-0.2, 0) is 10.0 Å². The average molecular weight is 413 g/mol. The maximum Gasteiger partial charge on any atom is 0.243 e. The molecule has 3 rings (SSSR count). The van der Waals surface area contributed by atoms with E-state index in [4.69, 9.17) is 9.47 Å². The second-order valence-electron chi connectivity index (χ2n) is 5.38. The van der Waals surface area contributed by atoms with E-state index in [0.717, 1.165) is 4.47 Å². The van der Waals surface area contributed by atoms with Crippen LogP contribution in [0.2, 0.25) is 0 Å². The molecule has 0 N–H and O–H groups in total. The van der Waals surface area contributed by atoms with Crippen molar-refractivity contribution in [1.82, 2.24) is 9.29 Å². The molecule has 0 bridgehead atoms. The van der Waals surface area contributed by atoms with Crippen molar-refractivity contribution < 1.29 is 17.9 Å². The Labute approximate surface area is 149 Å². The molecule has 1 aromatic heterocycles. The first-order valence-electron chi connectivity index (χ1n) is 7.41. The van der Waals surface area contributed by atoms with Crippen molar-refractivity contribution in [2.75, 3.05) is 20.2 Å². The Kier molecular flexibility index (Phi) is 5.07. The first kappa shape index (κ1) is 17.2. The summed E-state index contributed by atoms with van der Waals surface area (Å²) in [5.41, 5.74) is 0. The first-order chi connectivity index (χ1) is 11.5. The van der Waals surface area contributed by atoms with Crippen LogP contribution >= 0.6 is 15.9 Å². The summed E-state index contributed by atoms with van der Waals surface area (Å²) in [4.78, 5) is 4.21. The van der Waals surface area contributed by atoms with Crippen molar-refractivity contribution in [3.8, 4) is 11.5 Å². The summed E-state index contributed by atoms with van der Waals surface area (Å²) in [5.74, 6) is 1.18. The van der Waals surface area contributed by atoms with Crippen molar-refractivity contribution in [2.45, 2.75) is 17.4 Å². The molecule has 128 valence electrons. The molecule has 0 saturated carbocycles. The van der Waals surface area contributed by atoms with Gasteiger partial charge < -0.3 is 9.47 Å². The predicted octanol–water partition coefficient (Wildman–Crippen LogP) is 2.69. The van der Waals surface area contributed by atoms with Crippen LogP contribution in [0, 0.1) is 0 Å². The molecule has 0 aliphatic carbocycles. The number of nitrogens with zero attached hydrogens (tertiary/aromatic N) is 2. The van der Waals surface area contributed by atoms with E-state index in [9.17, 15) is 8.42 Å². The van der Waals surface area contributed by atoms with Gasteiger partial charge in [0.05, 0.1) is 23.0 Å². The second-order valence-corrected chi connectivity index (χ2v) is 8.17. The third-order valence-electron chi connectivity index (χ3n) is 3.82. The highest BCUT2D eigenvalue weighted by Crippen LogP contribution is 2.28. The van der Waals surface area contributed by atoms with Crippen LogP contribution in [0.15, 0.2) is 52.1 Å². The summed E-state index contributed by atoms with van der Waals surface area (Å²) in [6, 6.07) is 8.25. The van der Waals surface area contributed by atoms with Gasteiger partial charge in [-0.15, -0.1) is 0 Å². The lowest BCUT2D eigenvalue weighted by atomic mass is 10.3. The topological polar surface area (TPSA) is 68.7 Å². The van der Waals surface area contributed by atoms with Crippen LogP contribution in [0.4, 0.5) is 0 Å². The molecule has 2 heterocycles. The summed E-state index contributed by atoms with van der Waals surface area (Å²) < 4.78 is 38.7. The fourth-order valence-corrected chi connectivity index (χ4v) is 4.43. The van der Waals surface area contributed by atoms with Crippen molar-refractivity contribution in [1.29, 1.82) is 0 Å². The molecule has 1 aromatic carbocycles. The zero-order chi connectivity index (χ0) is 17.2. The van der Waals surface area contributed by atoms with Crippen LogP contribution in [0.1, 0.15) is 6.42 Å². The number of benzene rings is 1. The minimum atomic E-state index is -3.56. The van der Waals surface area contributed by atoms with Gasteiger partial charge in [-0.1, -0.05) is 6.07 Å². The number of methoxy groups -OCH3 is 1. The largest absolute Gasteiger partial charge is 0.497 e. The zero-order valence-electron chi connectivity index (χ0n) is 13.1. The molecule has 6 nitrogen and oxygen atoms in total. The summed E-state index contributed by atoms with van der Waals surface area (Å²) in [5, 5.41) is 0. The van der Waals surface area contributed by atoms with Crippen molar-refractivity contribution in [3.05, 3.63) is 47.2 Å². The van der Waals surface area contributed by atoms with E-state index in [1.807, 2.05) is 0 Å². The van der Waals surface area contributed by atoms with Crippen LogP contribution in [0.3, 0.4) is 0 Å². The Hall–Kier alpha value is -1.64. The molecule has 1 unspecified atom stereocenters. The number of rotatable bonds is 5. The minimum Gasteiger partial charge on any atom is -0.497 e. The maximum atomic E-state index is 12.8. The fraction of sp³-hybridized carbons (Fsp3) is 0.312. The van der Waals surface area contributed by atoms with Gasteiger partial charge in [-0.3, -0.25) is 4.98 Å². The summed E-state index contributed by atoms with van der Waals surface area (Å²) in [7, 11) is -2.05. The van der Waals surface area contributed by atoms with Gasteiger partial charge in [0.15, 0.2) is 0 Å². The number of ether oxygens (including phenoxy) is 2. The van der Waals surface area contributed by atoms with Crippen LogP contribution in [0.5, 0.6) is 11.5 Å². The number of sulfonamides is 1. The number of hydrogen-bond donors (Lipinski definition) is 0. The molecule has 8 heteroatoms. The molecule has 1 aliphatic rings. The van der Waals surface area contributed by atoms with E-state index in [1.54, 1.807) is 36.7 Å². The van der Waals surface area contributed by atoms with E-state index in [-0.39, 0.29) is 11.0 Å². The van der Waals surface area contributed by atoms with Crippen molar-refractivity contribution in [2.24, 2.45) is 0 Å². The van der Waals surface area contributed by atoms with E-state index < -0.39 is 10.0 Å². The van der Waals surface area contributed by atoms with Crippen LogP contribution in [0.25, 0.3) is 0 Å². The molecule has 1 aliphatic heterocycles. The summed E-state index contributed by atoms with van der Waals surface area (Å²) >= 11 is 3.38. The van der Waals surface area contributed by atoms with E-state index in [0.29, 0.717) is 31.0 Å². The lowest BCUT2D eigenvalue weighted by Crippen LogP contribution is -2.31. The SMILES string of the molecule is COc1cccc(S(=O)(=O)N2CCC(Oc3ccncc3Br)C2)c1. The van der Waals surface area contributed by atoms with Crippen LogP contribution < -0.4 is 9.47 Å². The fourth-order valence-electron chi connectivity index (χ4n) is 2.56. The zero-order valence-corrected chi connectivity index (χ0v) is 15.5. The number of halogens is 1. The van der Waals surface area contributed by atoms with Crippen LogP contribution in [-0.4, -0.2) is 44.0 Å². The Morgan fingerprint density at radius 2 is 2.17 bits per heavy atom.